The van der Waals surface area contributed by atoms with Crippen molar-refractivity contribution in [3.05, 3.63) is 35.4 Å². The molecule has 0 bridgehead atoms. The van der Waals surface area contributed by atoms with Crippen molar-refractivity contribution in [2.45, 2.75) is 46.6 Å². The minimum Gasteiger partial charge on any atom is -0.377 e. The lowest BCUT2D eigenvalue weighted by Gasteiger charge is -2.11. The third-order valence-electron chi connectivity index (χ3n) is 3.14. The zero-order valence-corrected chi connectivity index (χ0v) is 12.7. The van der Waals surface area contributed by atoms with Gasteiger partial charge in [-0.2, -0.15) is 0 Å². The molecule has 0 unspecified atom stereocenters. The Morgan fingerprint density at radius 1 is 1.16 bits per heavy atom. The second kappa shape index (κ2) is 9.99. The van der Waals surface area contributed by atoms with Crippen molar-refractivity contribution >= 4 is 0 Å². The van der Waals surface area contributed by atoms with E-state index in [9.17, 15) is 0 Å². The van der Waals surface area contributed by atoms with Crippen LogP contribution in [0.15, 0.2) is 24.3 Å². The molecule has 0 aliphatic heterocycles. The third kappa shape index (κ3) is 7.34. The van der Waals surface area contributed by atoms with Crippen molar-refractivity contribution in [1.29, 1.82) is 0 Å². The monoisotopic (exact) mass is 263 g/mol. The van der Waals surface area contributed by atoms with Crippen LogP contribution in [0.25, 0.3) is 0 Å². The summed E-state index contributed by atoms with van der Waals surface area (Å²) in [4.78, 5) is 0. The standard InChI is InChI=1S/C17H29NO/c1-4-5-12-19-14-17-9-7-6-8-16(17)10-11-18-13-15(2)3/h6-9,15,18H,4-5,10-14H2,1-3H3. The Labute approximate surface area is 118 Å². The molecule has 2 nitrogen and oxygen atoms in total. The van der Waals surface area contributed by atoms with Gasteiger partial charge in [0.2, 0.25) is 0 Å². The van der Waals surface area contributed by atoms with Crippen LogP contribution < -0.4 is 5.32 Å². The molecule has 2 heteroatoms. The van der Waals surface area contributed by atoms with Gasteiger partial charge in [0.05, 0.1) is 6.61 Å². The first-order valence-electron chi connectivity index (χ1n) is 7.59. The van der Waals surface area contributed by atoms with Crippen molar-refractivity contribution in [2.24, 2.45) is 5.92 Å². The molecule has 19 heavy (non-hydrogen) atoms. The van der Waals surface area contributed by atoms with E-state index in [-0.39, 0.29) is 0 Å². The summed E-state index contributed by atoms with van der Waals surface area (Å²) in [5, 5.41) is 3.50. The number of ether oxygens (including phenoxy) is 1. The van der Waals surface area contributed by atoms with Gasteiger partial charge in [0.15, 0.2) is 0 Å². The molecule has 0 aromatic heterocycles. The van der Waals surface area contributed by atoms with Crippen molar-refractivity contribution in [3.63, 3.8) is 0 Å². The van der Waals surface area contributed by atoms with E-state index in [4.69, 9.17) is 4.74 Å². The first-order valence-corrected chi connectivity index (χ1v) is 7.59. The summed E-state index contributed by atoms with van der Waals surface area (Å²) in [5.74, 6) is 0.715. The molecule has 108 valence electrons. The summed E-state index contributed by atoms with van der Waals surface area (Å²) in [5.41, 5.74) is 2.75. The molecular weight excluding hydrogens is 234 g/mol. The number of nitrogens with one attached hydrogen (secondary N) is 1. The molecule has 1 N–H and O–H groups in total. The van der Waals surface area contributed by atoms with Gasteiger partial charge in [-0.05, 0) is 43.0 Å². The van der Waals surface area contributed by atoms with E-state index in [0.717, 1.165) is 39.1 Å². The molecule has 0 saturated heterocycles. The minimum atomic E-state index is 0.715. The average Bonchev–Trinajstić information content (AvgIpc) is 2.41. The van der Waals surface area contributed by atoms with Crippen LogP contribution in [0.1, 0.15) is 44.7 Å². The summed E-state index contributed by atoms with van der Waals surface area (Å²) in [6, 6.07) is 8.62. The predicted octanol–water partition coefficient (Wildman–Crippen LogP) is 3.79. The zero-order valence-electron chi connectivity index (χ0n) is 12.7. The number of rotatable bonds is 10. The highest BCUT2D eigenvalue weighted by molar-refractivity contribution is 5.26. The molecule has 0 radical (unpaired) electrons. The topological polar surface area (TPSA) is 21.3 Å². The Kier molecular flexibility index (Phi) is 8.52. The van der Waals surface area contributed by atoms with Gasteiger partial charge in [0.1, 0.15) is 0 Å². The fraction of sp³-hybridized carbons (Fsp3) is 0.647. The van der Waals surface area contributed by atoms with Crippen molar-refractivity contribution in [1.82, 2.24) is 5.32 Å². The second-order valence-corrected chi connectivity index (χ2v) is 5.52. The van der Waals surface area contributed by atoms with E-state index in [1.807, 2.05) is 0 Å². The van der Waals surface area contributed by atoms with Crippen LogP contribution in [0.4, 0.5) is 0 Å². The summed E-state index contributed by atoms with van der Waals surface area (Å²) in [7, 11) is 0. The summed E-state index contributed by atoms with van der Waals surface area (Å²) >= 11 is 0. The van der Waals surface area contributed by atoms with Crippen LogP contribution >= 0.6 is 0 Å². The Morgan fingerprint density at radius 3 is 2.58 bits per heavy atom. The molecule has 0 atom stereocenters. The van der Waals surface area contributed by atoms with E-state index < -0.39 is 0 Å². The maximum atomic E-state index is 5.72. The van der Waals surface area contributed by atoms with Gasteiger partial charge in [-0.1, -0.05) is 51.5 Å². The summed E-state index contributed by atoms with van der Waals surface area (Å²) in [6.07, 6.45) is 3.43. The highest BCUT2D eigenvalue weighted by Gasteiger charge is 2.02. The number of benzene rings is 1. The summed E-state index contributed by atoms with van der Waals surface area (Å²) < 4.78 is 5.72. The maximum absolute atomic E-state index is 5.72. The van der Waals surface area contributed by atoms with Gasteiger partial charge in [0.25, 0.3) is 0 Å². The normalized spacial score (nSPS) is 11.2. The predicted molar refractivity (Wildman–Crippen MR) is 82.4 cm³/mol. The van der Waals surface area contributed by atoms with Gasteiger partial charge in [-0.3, -0.25) is 0 Å². The second-order valence-electron chi connectivity index (χ2n) is 5.52. The first kappa shape index (κ1) is 16.2. The third-order valence-corrected chi connectivity index (χ3v) is 3.14. The highest BCUT2D eigenvalue weighted by Crippen LogP contribution is 2.11. The van der Waals surface area contributed by atoms with Gasteiger partial charge in [0, 0.05) is 6.61 Å². The van der Waals surface area contributed by atoms with Crippen LogP contribution in [-0.2, 0) is 17.8 Å². The Bertz CT molecular complexity index is 336. The van der Waals surface area contributed by atoms with E-state index in [2.05, 4.69) is 50.4 Å². The minimum absolute atomic E-state index is 0.715. The van der Waals surface area contributed by atoms with Gasteiger partial charge >= 0.3 is 0 Å². The quantitative estimate of drug-likeness (QED) is 0.648. The van der Waals surface area contributed by atoms with Crippen molar-refractivity contribution in [3.8, 4) is 0 Å². The Hall–Kier alpha value is -0.860. The van der Waals surface area contributed by atoms with Crippen LogP contribution in [0.3, 0.4) is 0 Å². The lowest BCUT2D eigenvalue weighted by atomic mass is 10.1. The van der Waals surface area contributed by atoms with Crippen LogP contribution in [0.2, 0.25) is 0 Å². The van der Waals surface area contributed by atoms with E-state index >= 15 is 0 Å². The fourth-order valence-electron chi connectivity index (χ4n) is 1.98. The van der Waals surface area contributed by atoms with Gasteiger partial charge < -0.3 is 10.1 Å². The first-order chi connectivity index (χ1) is 9.24. The van der Waals surface area contributed by atoms with E-state index in [1.54, 1.807) is 0 Å². The Morgan fingerprint density at radius 2 is 1.89 bits per heavy atom. The molecular formula is C17H29NO. The molecule has 0 saturated carbocycles. The molecule has 0 aliphatic rings. The Balaban J connectivity index is 2.35. The smallest absolute Gasteiger partial charge is 0.0719 e. The molecule has 0 amide bonds. The molecule has 1 aromatic rings. The van der Waals surface area contributed by atoms with Crippen molar-refractivity contribution < 1.29 is 4.74 Å². The molecule has 1 aromatic carbocycles. The van der Waals surface area contributed by atoms with Crippen LogP contribution in [-0.4, -0.2) is 19.7 Å². The van der Waals surface area contributed by atoms with Crippen LogP contribution in [0.5, 0.6) is 0 Å². The SMILES string of the molecule is CCCCOCc1ccccc1CCNCC(C)C. The number of unbranched alkanes of at least 4 members (excludes halogenated alkanes) is 1. The zero-order chi connectivity index (χ0) is 13.9. The maximum Gasteiger partial charge on any atom is 0.0719 e. The van der Waals surface area contributed by atoms with E-state index in [1.165, 1.54) is 17.5 Å². The molecule has 0 spiro atoms. The van der Waals surface area contributed by atoms with Gasteiger partial charge in [-0.25, -0.2) is 0 Å². The van der Waals surface area contributed by atoms with Gasteiger partial charge in [-0.15, -0.1) is 0 Å². The number of hydrogen-bond acceptors (Lipinski definition) is 2. The fourth-order valence-corrected chi connectivity index (χ4v) is 1.98. The largest absolute Gasteiger partial charge is 0.377 e. The lowest BCUT2D eigenvalue weighted by molar-refractivity contribution is 0.117. The van der Waals surface area contributed by atoms with Crippen molar-refractivity contribution in [2.75, 3.05) is 19.7 Å². The summed E-state index contributed by atoms with van der Waals surface area (Å²) in [6.45, 7) is 10.4. The molecule has 0 aliphatic carbocycles. The highest BCUT2D eigenvalue weighted by atomic mass is 16.5. The molecule has 0 heterocycles. The van der Waals surface area contributed by atoms with E-state index in [0.29, 0.717) is 5.92 Å². The van der Waals surface area contributed by atoms with Crippen LogP contribution in [0, 0.1) is 5.92 Å². The average molecular weight is 263 g/mol. The molecule has 1 rings (SSSR count). The molecule has 0 fully saturated rings. The lowest BCUT2D eigenvalue weighted by Crippen LogP contribution is -2.22. The number of hydrogen-bond donors (Lipinski definition) is 1.